The predicted molar refractivity (Wildman–Crippen MR) is 82.7 cm³/mol. The molecule has 0 spiro atoms. The molecule has 2 aromatic carbocycles. The van der Waals surface area contributed by atoms with Crippen LogP contribution in [0.25, 0.3) is 0 Å². The Morgan fingerprint density at radius 1 is 1.00 bits per heavy atom. The molecule has 2 rings (SSSR count). The molecule has 0 saturated heterocycles. The maximum absolute atomic E-state index is 12.3. The maximum Gasteiger partial charge on any atom is 0.241 e. The summed E-state index contributed by atoms with van der Waals surface area (Å²) in [4.78, 5) is 12.3. The minimum Gasteiger partial charge on any atom is -0.325 e. The number of benzene rings is 2. The molecular weight excluding hydrogens is 248 g/mol. The molecule has 0 radical (unpaired) electrons. The second-order valence-corrected chi connectivity index (χ2v) is 4.66. The standard InChI is InChI=1S/C17H20N2O/c1-2-18-16(13-14-9-5-3-6-10-14)17(20)19-15-11-7-4-8-12-15/h3-12,16,18H,2,13H2,1H3,(H,19,20)/t16-/m0/s1. The zero-order valence-electron chi connectivity index (χ0n) is 11.7. The van der Waals surface area contributed by atoms with Crippen molar-refractivity contribution in [2.45, 2.75) is 19.4 Å². The summed E-state index contributed by atoms with van der Waals surface area (Å²) in [5, 5.41) is 6.18. The van der Waals surface area contributed by atoms with Crippen molar-refractivity contribution in [3.63, 3.8) is 0 Å². The van der Waals surface area contributed by atoms with Crippen LogP contribution in [0.3, 0.4) is 0 Å². The summed E-state index contributed by atoms with van der Waals surface area (Å²) in [5.74, 6) is 0.00176. The number of hydrogen-bond donors (Lipinski definition) is 2. The molecule has 20 heavy (non-hydrogen) atoms. The SMILES string of the molecule is CCN[C@@H](Cc1ccccc1)C(=O)Nc1ccccc1. The molecule has 1 atom stereocenters. The highest BCUT2D eigenvalue weighted by Gasteiger charge is 2.17. The average Bonchev–Trinajstić information content (AvgIpc) is 2.49. The monoisotopic (exact) mass is 268 g/mol. The molecule has 0 bridgehead atoms. The molecule has 3 heteroatoms. The zero-order chi connectivity index (χ0) is 14.2. The number of likely N-dealkylation sites (N-methyl/N-ethyl adjacent to an activating group) is 1. The number of anilines is 1. The summed E-state index contributed by atoms with van der Waals surface area (Å²) in [5.41, 5.74) is 1.98. The highest BCUT2D eigenvalue weighted by atomic mass is 16.2. The van der Waals surface area contributed by atoms with E-state index in [1.54, 1.807) is 0 Å². The Labute approximate surface area is 120 Å². The van der Waals surface area contributed by atoms with Gasteiger partial charge in [0, 0.05) is 5.69 Å². The fourth-order valence-corrected chi connectivity index (χ4v) is 2.10. The topological polar surface area (TPSA) is 41.1 Å². The number of rotatable bonds is 6. The maximum atomic E-state index is 12.3. The van der Waals surface area contributed by atoms with Gasteiger partial charge >= 0.3 is 0 Å². The van der Waals surface area contributed by atoms with Crippen molar-refractivity contribution in [1.29, 1.82) is 0 Å². The first-order valence-electron chi connectivity index (χ1n) is 6.93. The van der Waals surface area contributed by atoms with E-state index in [2.05, 4.69) is 10.6 Å². The largest absolute Gasteiger partial charge is 0.325 e. The lowest BCUT2D eigenvalue weighted by molar-refractivity contribution is -0.118. The Bertz CT molecular complexity index is 525. The van der Waals surface area contributed by atoms with E-state index in [0.717, 1.165) is 17.8 Å². The van der Waals surface area contributed by atoms with Crippen LogP contribution in [0, 0.1) is 0 Å². The summed E-state index contributed by atoms with van der Waals surface area (Å²) in [6.07, 6.45) is 0.688. The average molecular weight is 268 g/mol. The van der Waals surface area contributed by atoms with Crippen LogP contribution in [0.15, 0.2) is 60.7 Å². The Balaban J connectivity index is 2.02. The van der Waals surface area contributed by atoms with Gasteiger partial charge in [-0.05, 0) is 30.7 Å². The number of carbonyl (C=O) groups is 1. The minimum atomic E-state index is -0.220. The van der Waals surface area contributed by atoms with Gasteiger partial charge in [0.2, 0.25) is 5.91 Å². The third-order valence-corrected chi connectivity index (χ3v) is 3.09. The summed E-state index contributed by atoms with van der Waals surface area (Å²) >= 11 is 0. The van der Waals surface area contributed by atoms with Crippen molar-refractivity contribution >= 4 is 11.6 Å². The van der Waals surface area contributed by atoms with Crippen molar-refractivity contribution in [3.8, 4) is 0 Å². The van der Waals surface area contributed by atoms with Crippen LogP contribution < -0.4 is 10.6 Å². The van der Waals surface area contributed by atoms with Gasteiger partial charge in [0.25, 0.3) is 0 Å². The molecular formula is C17H20N2O. The van der Waals surface area contributed by atoms with E-state index in [1.165, 1.54) is 0 Å². The molecule has 0 aliphatic rings. The van der Waals surface area contributed by atoms with Gasteiger partial charge in [-0.15, -0.1) is 0 Å². The zero-order valence-corrected chi connectivity index (χ0v) is 11.7. The molecule has 0 fully saturated rings. The number of nitrogens with one attached hydrogen (secondary N) is 2. The molecule has 0 saturated carbocycles. The van der Waals surface area contributed by atoms with Crippen molar-refractivity contribution < 1.29 is 4.79 Å². The van der Waals surface area contributed by atoms with Gasteiger partial charge in [0.1, 0.15) is 0 Å². The summed E-state index contributed by atoms with van der Waals surface area (Å²) in [7, 11) is 0. The van der Waals surface area contributed by atoms with Crippen molar-refractivity contribution in [3.05, 3.63) is 66.2 Å². The highest BCUT2D eigenvalue weighted by Crippen LogP contribution is 2.08. The summed E-state index contributed by atoms with van der Waals surface area (Å²) in [6, 6.07) is 19.4. The molecule has 104 valence electrons. The fraction of sp³-hybridized carbons (Fsp3) is 0.235. The van der Waals surface area contributed by atoms with Crippen LogP contribution in [0.1, 0.15) is 12.5 Å². The molecule has 0 aliphatic heterocycles. The van der Waals surface area contributed by atoms with Crippen LogP contribution in [0.2, 0.25) is 0 Å². The van der Waals surface area contributed by atoms with Crippen molar-refractivity contribution in [2.24, 2.45) is 0 Å². The van der Waals surface area contributed by atoms with E-state index in [9.17, 15) is 4.79 Å². The van der Waals surface area contributed by atoms with Gasteiger partial charge in [-0.1, -0.05) is 55.5 Å². The van der Waals surface area contributed by atoms with Crippen LogP contribution in [0.4, 0.5) is 5.69 Å². The first-order chi connectivity index (χ1) is 9.79. The molecule has 3 nitrogen and oxygen atoms in total. The van der Waals surface area contributed by atoms with Gasteiger partial charge in [-0.3, -0.25) is 4.79 Å². The Kier molecular flexibility index (Phi) is 5.33. The molecule has 0 heterocycles. The number of hydrogen-bond acceptors (Lipinski definition) is 2. The van der Waals surface area contributed by atoms with E-state index >= 15 is 0 Å². The van der Waals surface area contributed by atoms with Crippen LogP contribution >= 0.6 is 0 Å². The Morgan fingerprint density at radius 2 is 1.60 bits per heavy atom. The van der Waals surface area contributed by atoms with Gasteiger partial charge in [0.05, 0.1) is 6.04 Å². The minimum absolute atomic E-state index is 0.00176. The molecule has 2 N–H and O–H groups in total. The second-order valence-electron chi connectivity index (χ2n) is 4.66. The lowest BCUT2D eigenvalue weighted by Gasteiger charge is -2.17. The molecule has 0 aromatic heterocycles. The van der Waals surface area contributed by atoms with E-state index < -0.39 is 0 Å². The van der Waals surface area contributed by atoms with Crippen LogP contribution in [0.5, 0.6) is 0 Å². The van der Waals surface area contributed by atoms with E-state index in [0.29, 0.717) is 6.42 Å². The van der Waals surface area contributed by atoms with Gasteiger partial charge < -0.3 is 10.6 Å². The van der Waals surface area contributed by atoms with E-state index in [1.807, 2.05) is 67.6 Å². The fourth-order valence-electron chi connectivity index (χ4n) is 2.10. The number of amides is 1. The lowest BCUT2D eigenvalue weighted by atomic mass is 10.1. The van der Waals surface area contributed by atoms with Crippen LogP contribution in [-0.4, -0.2) is 18.5 Å². The Morgan fingerprint density at radius 3 is 2.20 bits per heavy atom. The Hall–Kier alpha value is -2.13. The normalized spacial score (nSPS) is 11.8. The molecule has 0 unspecified atom stereocenters. The summed E-state index contributed by atoms with van der Waals surface area (Å²) < 4.78 is 0. The number of carbonyl (C=O) groups excluding carboxylic acids is 1. The van der Waals surface area contributed by atoms with Crippen molar-refractivity contribution in [2.75, 3.05) is 11.9 Å². The summed E-state index contributed by atoms with van der Waals surface area (Å²) in [6.45, 7) is 2.77. The van der Waals surface area contributed by atoms with Crippen LogP contribution in [-0.2, 0) is 11.2 Å². The van der Waals surface area contributed by atoms with Gasteiger partial charge in [-0.25, -0.2) is 0 Å². The first-order valence-corrected chi connectivity index (χ1v) is 6.93. The third kappa shape index (κ3) is 4.21. The quantitative estimate of drug-likeness (QED) is 0.846. The number of para-hydroxylation sites is 1. The van der Waals surface area contributed by atoms with Crippen molar-refractivity contribution in [1.82, 2.24) is 5.32 Å². The molecule has 1 amide bonds. The van der Waals surface area contributed by atoms with Gasteiger partial charge in [0.15, 0.2) is 0 Å². The first kappa shape index (κ1) is 14.3. The lowest BCUT2D eigenvalue weighted by Crippen LogP contribution is -2.42. The van der Waals surface area contributed by atoms with Gasteiger partial charge in [-0.2, -0.15) is 0 Å². The second kappa shape index (κ2) is 7.46. The predicted octanol–water partition coefficient (Wildman–Crippen LogP) is 2.85. The highest BCUT2D eigenvalue weighted by molar-refractivity contribution is 5.95. The third-order valence-electron chi connectivity index (χ3n) is 3.09. The molecule has 2 aromatic rings. The van der Waals surface area contributed by atoms with E-state index in [-0.39, 0.29) is 11.9 Å². The smallest absolute Gasteiger partial charge is 0.241 e. The van der Waals surface area contributed by atoms with E-state index in [4.69, 9.17) is 0 Å². The molecule has 0 aliphatic carbocycles.